The number of hydrogen-bond acceptors (Lipinski definition) is 5. The molecule has 0 radical (unpaired) electrons. The van der Waals surface area contributed by atoms with E-state index in [0.717, 1.165) is 33.5 Å². The molecule has 3 aromatic rings. The smallest absolute Gasteiger partial charge is 0.117 e. The van der Waals surface area contributed by atoms with Crippen LogP contribution in [-0.4, -0.2) is 19.7 Å². The fourth-order valence-corrected chi connectivity index (χ4v) is 2.92. The Morgan fingerprint density at radius 2 is 2.16 bits per heavy atom. The SMILES string of the molecule is CCc1nnsc1C(O)c1cccc2ncccc12. The third-order valence-corrected chi connectivity index (χ3v) is 3.96. The van der Waals surface area contributed by atoms with Crippen molar-refractivity contribution in [2.24, 2.45) is 0 Å². The minimum Gasteiger partial charge on any atom is -0.383 e. The van der Waals surface area contributed by atoms with Crippen LogP contribution in [0.25, 0.3) is 10.9 Å². The number of hydrogen-bond donors (Lipinski definition) is 1. The second-order valence-electron chi connectivity index (χ2n) is 4.26. The minimum absolute atomic E-state index is 0.692. The Balaban J connectivity index is 2.14. The maximum Gasteiger partial charge on any atom is 0.117 e. The number of aliphatic hydroxyl groups is 1. The first-order valence-electron chi connectivity index (χ1n) is 6.14. The van der Waals surface area contributed by atoms with Crippen molar-refractivity contribution in [2.45, 2.75) is 19.4 Å². The molecule has 0 aliphatic carbocycles. The lowest BCUT2D eigenvalue weighted by atomic mass is 10.0. The molecule has 2 aromatic heterocycles. The molecule has 2 heterocycles. The summed E-state index contributed by atoms with van der Waals surface area (Å²) in [5, 5.41) is 15.6. The van der Waals surface area contributed by atoms with E-state index in [4.69, 9.17) is 0 Å². The summed E-state index contributed by atoms with van der Waals surface area (Å²) < 4.78 is 3.94. The number of nitrogens with zero attached hydrogens (tertiary/aromatic N) is 3. The number of benzene rings is 1. The average molecular weight is 271 g/mol. The number of rotatable bonds is 3. The van der Waals surface area contributed by atoms with Crippen molar-refractivity contribution in [1.29, 1.82) is 0 Å². The molecule has 0 saturated carbocycles. The van der Waals surface area contributed by atoms with Crippen LogP contribution in [0.1, 0.15) is 29.2 Å². The molecule has 1 aromatic carbocycles. The molecule has 4 nitrogen and oxygen atoms in total. The predicted molar refractivity (Wildman–Crippen MR) is 75.1 cm³/mol. The lowest BCUT2D eigenvalue weighted by Gasteiger charge is -2.12. The molecule has 0 bridgehead atoms. The van der Waals surface area contributed by atoms with E-state index in [1.165, 1.54) is 11.5 Å². The maximum absolute atomic E-state index is 10.6. The summed E-state index contributed by atoms with van der Waals surface area (Å²) in [4.78, 5) is 5.13. The number of aliphatic hydroxyl groups excluding tert-OH is 1. The van der Waals surface area contributed by atoms with Crippen LogP contribution in [0.3, 0.4) is 0 Å². The van der Waals surface area contributed by atoms with E-state index in [1.807, 2.05) is 37.3 Å². The zero-order valence-corrected chi connectivity index (χ0v) is 11.3. The molecule has 0 aliphatic heterocycles. The topological polar surface area (TPSA) is 58.9 Å². The molecule has 0 saturated heterocycles. The third kappa shape index (κ3) is 2.11. The van der Waals surface area contributed by atoms with Crippen molar-refractivity contribution < 1.29 is 5.11 Å². The first-order chi connectivity index (χ1) is 9.31. The normalized spacial score (nSPS) is 12.7. The highest BCUT2D eigenvalue weighted by atomic mass is 32.1. The fraction of sp³-hybridized carbons (Fsp3) is 0.214. The van der Waals surface area contributed by atoms with Crippen LogP contribution in [0.15, 0.2) is 36.5 Å². The highest BCUT2D eigenvalue weighted by Crippen LogP contribution is 2.31. The third-order valence-electron chi connectivity index (χ3n) is 3.14. The standard InChI is InChI=1S/C14H13N3OS/c1-2-11-14(19-17-16-11)13(18)10-5-3-7-12-9(10)6-4-8-15-12/h3-8,13,18H,2H2,1H3. The summed E-state index contributed by atoms with van der Waals surface area (Å²) in [6.07, 6.45) is 1.83. The molecule has 1 unspecified atom stereocenters. The van der Waals surface area contributed by atoms with Gasteiger partial charge in [0.1, 0.15) is 6.10 Å². The monoisotopic (exact) mass is 271 g/mol. The Morgan fingerprint density at radius 3 is 3.00 bits per heavy atom. The lowest BCUT2D eigenvalue weighted by Crippen LogP contribution is -2.02. The zero-order valence-electron chi connectivity index (χ0n) is 10.4. The summed E-state index contributed by atoms with van der Waals surface area (Å²) in [7, 11) is 0. The van der Waals surface area contributed by atoms with Crippen molar-refractivity contribution in [3.8, 4) is 0 Å². The van der Waals surface area contributed by atoms with Gasteiger partial charge in [-0.25, -0.2) is 0 Å². The van der Waals surface area contributed by atoms with Crippen molar-refractivity contribution >= 4 is 22.4 Å². The van der Waals surface area contributed by atoms with E-state index in [1.54, 1.807) is 6.20 Å². The summed E-state index contributed by atoms with van der Waals surface area (Å²) in [6.45, 7) is 2.01. The van der Waals surface area contributed by atoms with Crippen molar-refractivity contribution in [1.82, 2.24) is 14.6 Å². The fourth-order valence-electron chi connectivity index (χ4n) is 2.18. The molecular weight excluding hydrogens is 258 g/mol. The first-order valence-corrected chi connectivity index (χ1v) is 6.91. The number of aryl methyl sites for hydroxylation is 1. The zero-order chi connectivity index (χ0) is 13.2. The lowest BCUT2D eigenvalue weighted by molar-refractivity contribution is 0.224. The predicted octanol–water partition coefficient (Wildman–Crippen LogP) is 2.73. The molecule has 0 spiro atoms. The van der Waals surface area contributed by atoms with Gasteiger partial charge in [-0.15, -0.1) is 5.10 Å². The molecule has 0 amide bonds. The second kappa shape index (κ2) is 5.03. The number of fused-ring (bicyclic) bond motifs is 1. The quantitative estimate of drug-likeness (QED) is 0.795. The Kier molecular flexibility index (Phi) is 3.23. The summed E-state index contributed by atoms with van der Waals surface area (Å²) >= 11 is 1.25. The molecule has 0 aliphatic rings. The van der Waals surface area contributed by atoms with Crippen molar-refractivity contribution in [2.75, 3.05) is 0 Å². The van der Waals surface area contributed by atoms with Gasteiger partial charge in [-0.1, -0.05) is 29.6 Å². The van der Waals surface area contributed by atoms with E-state index >= 15 is 0 Å². The molecule has 3 rings (SSSR count). The van der Waals surface area contributed by atoms with E-state index in [9.17, 15) is 5.11 Å². The van der Waals surface area contributed by atoms with Gasteiger partial charge in [0.2, 0.25) is 0 Å². The van der Waals surface area contributed by atoms with Crippen molar-refractivity contribution in [3.63, 3.8) is 0 Å². The molecule has 19 heavy (non-hydrogen) atoms. The minimum atomic E-state index is -0.692. The Hall–Kier alpha value is -1.85. The van der Waals surface area contributed by atoms with E-state index < -0.39 is 6.10 Å². The van der Waals surface area contributed by atoms with Gasteiger partial charge in [0, 0.05) is 11.6 Å². The largest absolute Gasteiger partial charge is 0.383 e. The maximum atomic E-state index is 10.6. The highest BCUT2D eigenvalue weighted by Gasteiger charge is 2.19. The summed E-state index contributed by atoms with van der Waals surface area (Å²) in [5.41, 5.74) is 2.60. The van der Waals surface area contributed by atoms with Gasteiger partial charge >= 0.3 is 0 Å². The summed E-state index contributed by atoms with van der Waals surface area (Å²) in [6, 6.07) is 9.63. The molecule has 5 heteroatoms. The van der Waals surface area contributed by atoms with E-state index in [-0.39, 0.29) is 0 Å². The summed E-state index contributed by atoms with van der Waals surface area (Å²) in [5.74, 6) is 0. The van der Waals surface area contributed by atoms with Gasteiger partial charge in [0.25, 0.3) is 0 Å². The van der Waals surface area contributed by atoms with Crippen LogP contribution >= 0.6 is 11.5 Å². The number of aromatic nitrogens is 3. The molecule has 1 atom stereocenters. The van der Waals surface area contributed by atoms with Gasteiger partial charge in [0.05, 0.1) is 16.1 Å². The molecule has 0 fully saturated rings. The van der Waals surface area contributed by atoms with Gasteiger partial charge in [0.15, 0.2) is 0 Å². The van der Waals surface area contributed by atoms with Crippen LogP contribution in [-0.2, 0) is 6.42 Å². The number of pyridine rings is 1. The Bertz CT molecular complexity index is 705. The first kappa shape index (κ1) is 12.2. The van der Waals surface area contributed by atoms with Crippen LogP contribution in [0.4, 0.5) is 0 Å². The van der Waals surface area contributed by atoms with Crippen LogP contribution < -0.4 is 0 Å². The van der Waals surface area contributed by atoms with Gasteiger partial charge in [-0.3, -0.25) is 4.98 Å². The van der Waals surface area contributed by atoms with E-state index in [2.05, 4.69) is 14.6 Å². The van der Waals surface area contributed by atoms with Crippen LogP contribution in [0.2, 0.25) is 0 Å². The van der Waals surface area contributed by atoms with Gasteiger partial charge in [-0.2, -0.15) is 0 Å². The van der Waals surface area contributed by atoms with Gasteiger partial charge < -0.3 is 5.11 Å². The highest BCUT2D eigenvalue weighted by molar-refractivity contribution is 7.05. The molecule has 1 N–H and O–H groups in total. The van der Waals surface area contributed by atoms with Crippen LogP contribution in [0, 0.1) is 0 Å². The van der Waals surface area contributed by atoms with Crippen LogP contribution in [0.5, 0.6) is 0 Å². The Morgan fingerprint density at radius 1 is 1.26 bits per heavy atom. The average Bonchev–Trinajstić information content (AvgIpc) is 2.94. The Labute approximate surface area is 114 Å². The molecule has 96 valence electrons. The van der Waals surface area contributed by atoms with Gasteiger partial charge in [-0.05, 0) is 35.6 Å². The molecular formula is C14H13N3OS. The van der Waals surface area contributed by atoms with E-state index in [0.29, 0.717) is 0 Å². The van der Waals surface area contributed by atoms with Crippen molar-refractivity contribution in [3.05, 3.63) is 52.7 Å². The second-order valence-corrected chi connectivity index (χ2v) is 5.04.